The Morgan fingerprint density at radius 1 is 1.13 bits per heavy atom. The second-order valence-electron chi connectivity index (χ2n) is 4.87. The molecule has 6 nitrogen and oxygen atoms in total. The zero-order valence-electron chi connectivity index (χ0n) is 12.9. The Kier molecular flexibility index (Phi) is 6.26. The van der Waals surface area contributed by atoms with Crippen molar-refractivity contribution in [2.24, 2.45) is 5.10 Å². The summed E-state index contributed by atoms with van der Waals surface area (Å²) in [6.07, 6.45) is 2.17. The van der Waals surface area contributed by atoms with Gasteiger partial charge in [-0.1, -0.05) is 42.5 Å². The molecule has 0 aliphatic carbocycles. The third-order valence-corrected chi connectivity index (χ3v) is 3.21. The molecule has 0 fully saturated rings. The molecule has 0 aliphatic heterocycles. The number of hydrazone groups is 1. The molecule has 2 rings (SSSR count). The standard InChI is InChI=1S/C17H19N3O3/c1-23-11-5-10-18-16(21)17(22)20-19-12-14-8-4-7-13-6-2-3-9-15(13)14/h2-4,6-9,12H,5,10-11H2,1H3,(H,18,21)(H,20,22)/b19-12+. The lowest BCUT2D eigenvalue weighted by molar-refractivity contribution is -0.139. The molecule has 2 amide bonds. The van der Waals surface area contributed by atoms with Crippen molar-refractivity contribution in [2.75, 3.05) is 20.3 Å². The molecule has 0 atom stereocenters. The Hall–Kier alpha value is -2.73. The predicted molar refractivity (Wildman–Crippen MR) is 89.2 cm³/mol. The topological polar surface area (TPSA) is 79.8 Å². The number of nitrogens with one attached hydrogen (secondary N) is 2. The van der Waals surface area contributed by atoms with Crippen molar-refractivity contribution in [3.05, 3.63) is 48.0 Å². The maximum Gasteiger partial charge on any atom is 0.329 e. The highest BCUT2D eigenvalue weighted by Crippen LogP contribution is 2.16. The summed E-state index contributed by atoms with van der Waals surface area (Å²) in [4.78, 5) is 23.1. The fourth-order valence-electron chi connectivity index (χ4n) is 2.07. The molecule has 0 aliphatic rings. The van der Waals surface area contributed by atoms with Gasteiger partial charge in [-0.3, -0.25) is 9.59 Å². The number of carbonyl (C=O) groups excluding carboxylic acids is 2. The van der Waals surface area contributed by atoms with Gasteiger partial charge in [-0.15, -0.1) is 0 Å². The lowest BCUT2D eigenvalue weighted by Gasteiger charge is -2.03. The second kappa shape index (κ2) is 8.65. The van der Waals surface area contributed by atoms with Crippen LogP contribution >= 0.6 is 0 Å². The molecule has 23 heavy (non-hydrogen) atoms. The Bertz CT molecular complexity index is 708. The maximum absolute atomic E-state index is 11.6. The largest absolute Gasteiger partial charge is 0.385 e. The minimum Gasteiger partial charge on any atom is -0.385 e. The molecule has 0 radical (unpaired) electrons. The third kappa shape index (κ3) is 4.89. The first-order valence-corrected chi connectivity index (χ1v) is 7.30. The minimum absolute atomic E-state index is 0.382. The maximum atomic E-state index is 11.6. The first kappa shape index (κ1) is 16.6. The summed E-state index contributed by atoms with van der Waals surface area (Å²) in [6.45, 7) is 0.911. The molecular weight excluding hydrogens is 294 g/mol. The van der Waals surface area contributed by atoms with Gasteiger partial charge >= 0.3 is 11.8 Å². The molecule has 0 unspecified atom stereocenters. The van der Waals surface area contributed by atoms with Crippen molar-refractivity contribution < 1.29 is 14.3 Å². The highest BCUT2D eigenvalue weighted by atomic mass is 16.5. The summed E-state index contributed by atoms with van der Waals surface area (Å²) in [5.74, 6) is -1.50. The second-order valence-corrected chi connectivity index (χ2v) is 4.87. The van der Waals surface area contributed by atoms with E-state index < -0.39 is 11.8 Å². The van der Waals surface area contributed by atoms with Crippen LogP contribution in [0.3, 0.4) is 0 Å². The number of nitrogens with zero attached hydrogens (tertiary/aromatic N) is 1. The molecule has 120 valence electrons. The lowest BCUT2D eigenvalue weighted by atomic mass is 10.1. The molecule has 2 N–H and O–H groups in total. The van der Waals surface area contributed by atoms with Gasteiger partial charge in [0.1, 0.15) is 0 Å². The van der Waals surface area contributed by atoms with Gasteiger partial charge in [0.05, 0.1) is 6.21 Å². The number of benzene rings is 2. The van der Waals surface area contributed by atoms with Gasteiger partial charge in [-0.25, -0.2) is 5.43 Å². The molecule has 2 aromatic carbocycles. The zero-order valence-corrected chi connectivity index (χ0v) is 12.9. The van der Waals surface area contributed by atoms with Crippen LogP contribution in [0.1, 0.15) is 12.0 Å². The third-order valence-electron chi connectivity index (χ3n) is 3.21. The van der Waals surface area contributed by atoms with E-state index in [1.165, 1.54) is 6.21 Å². The van der Waals surface area contributed by atoms with Crippen molar-refractivity contribution in [3.8, 4) is 0 Å². The quantitative estimate of drug-likeness (QED) is 0.366. The normalized spacial score (nSPS) is 10.8. The molecule has 0 saturated heterocycles. The van der Waals surface area contributed by atoms with Crippen LogP contribution in [0.4, 0.5) is 0 Å². The van der Waals surface area contributed by atoms with Gasteiger partial charge in [-0.05, 0) is 17.2 Å². The molecule has 0 saturated carbocycles. The van der Waals surface area contributed by atoms with Crippen LogP contribution in [0.15, 0.2) is 47.6 Å². The van der Waals surface area contributed by atoms with Crippen LogP contribution in [-0.2, 0) is 14.3 Å². The highest BCUT2D eigenvalue weighted by Gasteiger charge is 2.11. The van der Waals surface area contributed by atoms with Crippen molar-refractivity contribution in [1.82, 2.24) is 10.7 Å². The number of rotatable bonds is 6. The summed E-state index contributed by atoms with van der Waals surface area (Å²) in [6, 6.07) is 13.7. The first-order chi connectivity index (χ1) is 11.2. The van der Waals surface area contributed by atoms with Gasteiger partial charge in [0.2, 0.25) is 0 Å². The number of hydrogen-bond acceptors (Lipinski definition) is 4. The summed E-state index contributed by atoms with van der Waals surface area (Å²) in [7, 11) is 1.58. The van der Waals surface area contributed by atoms with E-state index in [4.69, 9.17) is 4.74 Å². The summed E-state index contributed by atoms with van der Waals surface area (Å²) >= 11 is 0. The number of methoxy groups -OCH3 is 1. The molecule has 6 heteroatoms. The first-order valence-electron chi connectivity index (χ1n) is 7.30. The van der Waals surface area contributed by atoms with Crippen molar-refractivity contribution in [1.29, 1.82) is 0 Å². The van der Waals surface area contributed by atoms with Crippen LogP contribution < -0.4 is 10.7 Å². The zero-order chi connectivity index (χ0) is 16.5. The average Bonchev–Trinajstić information content (AvgIpc) is 2.58. The van der Waals surface area contributed by atoms with Gasteiger partial charge < -0.3 is 10.1 Å². The molecule has 0 aromatic heterocycles. The van der Waals surface area contributed by atoms with E-state index >= 15 is 0 Å². The van der Waals surface area contributed by atoms with E-state index in [9.17, 15) is 9.59 Å². The number of ether oxygens (including phenoxy) is 1. The molecule has 2 aromatic rings. The van der Waals surface area contributed by atoms with Gasteiger partial charge in [0, 0.05) is 25.8 Å². The van der Waals surface area contributed by atoms with Crippen LogP contribution in [0, 0.1) is 0 Å². The van der Waals surface area contributed by atoms with Crippen LogP contribution in [0.2, 0.25) is 0 Å². The monoisotopic (exact) mass is 313 g/mol. The minimum atomic E-state index is -0.793. The van der Waals surface area contributed by atoms with E-state index in [0.717, 1.165) is 16.3 Å². The van der Waals surface area contributed by atoms with Crippen molar-refractivity contribution in [2.45, 2.75) is 6.42 Å². The Balaban J connectivity index is 1.90. The summed E-state index contributed by atoms with van der Waals surface area (Å²) in [5.41, 5.74) is 3.09. The predicted octanol–water partition coefficient (Wildman–Crippen LogP) is 1.44. The fraction of sp³-hybridized carbons (Fsp3) is 0.235. The average molecular weight is 313 g/mol. The van der Waals surface area contributed by atoms with E-state index in [-0.39, 0.29) is 0 Å². The van der Waals surface area contributed by atoms with E-state index in [2.05, 4.69) is 15.8 Å². The van der Waals surface area contributed by atoms with E-state index in [0.29, 0.717) is 19.6 Å². The summed E-state index contributed by atoms with van der Waals surface area (Å²) in [5, 5.41) is 8.44. The Morgan fingerprint density at radius 3 is 2.74 bits per heavy atom. The molecule has 0 heterocycles. The number of hydrogen-bond donors (Lipinski definition) is 2. The smallest absolute Gasteiger partial charge is 0.329 e. The summed E-state index contributed by atoms with van der Waals surface area (Å²) < 4.78 is 4.86. The number of amides is 2. The number of carbonyl (C=O) groups is 2. The SMILES string of the molecule is COCCCNC(=O)C(=O)N/N=C/c1cccc2ccccc12. The van der Waals surface area contributed by atoms with Crippen LogP contribution in [0.25, 0.3) is 10.8 Å². The molecule has 0 spiro atoms. The lowest BCUT2D eigenvalue weighted by Crippen LogP contribution is -2.38. The Labute approximate surface area is 134 Å². The molecule has 0 bridgehead atoms. The fourth-order valence-corrected chi connectivity index (χ4v) is 2.07. The van der Waals surface area contributed by atoms with Gasteiger partial charge in [0.15, 0.2) is 0 Å². The van der Waals surface area contributed by atoms with E-state index in [1.807, 2.05) is 42.5 Å². The Morgan fingerprint density at radius 2 is 1.91 bits per heavy atom. The number of fused-ring (bicyclic) bond motifs is 1. The molecular formula is C17H19N3O3. The van der Waals surface area contributed by atoms with Crippen molar-refractivity contribution in [3.63, 3.8) is 0 Å². The van der Waals surface area contributed by atoms with Crippen LogP contribution in [-0.4, -0.2) is 38.3 Å². The van der Waals surface area contributed by atoms with Gasteiger partial charge in [-0.2, -0.15) is 5.10 Å². The van der Waals surface area contributed by atoms with Gasteiger partial charge in [0.25, 0.3) is 0 Å². The highest BCUT2D eigenvalue weighted by molar-refractivity contribution is 6.35. The van der Waals surface area contributed by atoms with Crippen molar-refractivity contribution >= 4 is 28.8 Å². The van der Waals surface area contributed by atoms with Crippen LogP contribution in [0.5, 0.6) is 0 Å². The van der Waals surface area contributed by atoms with E-state index in [1.54, 1.807) is 7.11 Å².